The molecule has 0 aliphatic rings. The maximum absolute atomic E-state index is 6.44. The largest absolute Gasteiger partial charge is 0.355 e. The third-order valence-corrected chi connectivity index (χ3v) is 4.77. The Kier molecular flexibility index (Phi) is 6.23. The van der Waals surface area contributed by atoms with Crippen molar-refractivity contribution in [3.63, 3.8) is 0 Å². The molecule has 0 saturated heterocycles. The van der Waals surface area contributed by atoms with E-state index < -0.39 is 0 Å². The van der Waals surface area contributed by atoms with Gasteiger partial charge in [-0.05, 0) is 42.2 Å². The van der Waals surface area contributed by atoms with Crippen molar-refractivity contribution >= 4 is 39.9 Å². The zero-order valence-electron chi connectivity index (χ0n) is 16.2. The molecule has 5 heteroatoms. The van der Waals surface area contributed by atoms with Gasteiger partial charge in [0.1, 0.15) is 5.82 Å². The second-order valence-electron chi connectivity index (χ2n) is 7.70. The highest BCUT2D eigenvalue weighted by Gasteiger charge is 2.18. The lowest BCUT2D eigenvalue weighted by Crippen LogP contribution is -2.32. The van der Waals surface area contributed by atoms with E-state index >= 15 is 0 Å². The molecular formula is C22H25Cl2N3. The molecule has 0 N–H and O–H groups in total. The van der Waals surface area contributed by atoms with Crippen LogP contribution >= 0.6 is 23.2 Å². The molecule has 27 heavy (non-hydrogen) atoms. The van der Waals surface area contributed by atoms with E-state index in [1.165, 1.54) is 0 Å². The Labute approximate surface area is 171 Å². The standard InChI is InChI=1S/C22H25Cl2N3/c1-14(2)12-27(13-15(3)4)22-18-7-5-6-8-20(18)25-21(26-22)17-10-9-16(23)11-19(17)24/h5-11,14-15H,12-13H2,1-4H3. The molecule has 2 aromatic carbocycles. The molecule has 0 atom stereocenters. The van der Waals surface area contributed by atoms with Crippen molar-refractivity contribution in [1.29, 1.82) is 0 Å². The van der Waals surface area contributed by atoms with Gasteiger partial charge in [-0.25, -0.2) is 9.97 Å². The zero-order valence-corrected chi connectivity index (χ0v) is 17.7. The number of benzene rings is 2. The van der Waals surface area contributed by atoms with Gasteiger partial charge in [-0.15, -0.1) is 0 Å². The van der Waals surface area contributed by atoms with Crippen molar-refractivity contribution in [2.75, 3.05) is 18.0 Å². The topological polar surface area (TPSA) is 29.0 Å². The fourth-order valence-electron chi connectivity index (χ4n) is 3.22. The van der Waals surface area contributed by atoms with Crippen LogP contribution in [0.1, 0.15) is 27.7 Å². The summed E-state index contributed by atoms with van der Waals surface area (Å²) in [7, 11) is 0. The minimum Gasteiger partial charge on any atom is -0.355 e. The monoisotopic (exact) mass is 401 g/mol. The summed E-state index contributed by atoms with van der Waals surface area (Å²) in [6, 6.07) is 13.6. The van der Waals surface area contributed by atoms with E-state index in [1.807, 2.05) is 30.3 Å². The van der Waals surface area contributed by atoms with E-state index in [-0.39, 0.29) is 0 Å². The van der Waals surface area contributed by atoms with Crippen LogP contribution in [0.25, 0.3) is 22.3 Å². The van der Waals surface area contributed by atoms with Crippen LogP contribution in [-0.2, 0) is 0 Å². The molecule has 3 nitrogen and oxygen atoms in total. The van der Waals surface area contributed by atoms with Crippen LogP contribution in [0.4, 0.5) is 5.82 Å². The molecule has 0 radical (unpaired) electrons. The van der Waals surface area contributed by atoms with Crippen molar-refractivity contribution in [2.45, 2.75) is 27.7 Å². The van der Waals surface area contributed by atoms with E-state index in [0.717, 1.165) is 35.4 Å². The average molecular weight is 402 g/mol. The number of para-hydroxylation sites is 1. The Morgan fingerprint density at radius 1 is 0.889 bits per heavy atom. The average Bonchev–Trinajstić information content (AvgIpc) is 2.59. The molecule has 0 aliphatic carbocycles. The van der Waals surface area contributed by atoms with Gasteiger partial charge in [0.15, 0.2) is 5.82 Å². The van der Waals surface area contributed by atoms with Gasteiger partial charge >= 0.3 is 0 Å². The summed E-state index contributed by atoms with van der Waals surface area (Å²) in [6.45, 7) is 10.8. The van der Waals surface area contributed by atoms with E-state index in [0.29, 0.717) is 27.7 Å². The van der Waals surface area contributed by atoms with Crippen LogP contribution in [0.2, 0.25) is 10.0 Å². The van der Waals surface area contributed by atoms with E-state index in [9.17, 15) is 0 Å². The predicted octanol–water partition coefficient (Wildman–Crippen LogP) is 6.72. The van der Waals surface area contributed by atoms with Crippen LogP contribution in [0, 0.1) is 11.8 Å². The first kappa shape index (κ1) is 19.9. The SMILES string of the molecule is CC(C)CN(CC(C)C)c1nc(-c2ccc(Cl)cc2Cl)nc2ccccc12. The summed E-state index contributed by atoms with van der Waals surface area (Å²) >= 11 is 12.5. The lowest BCUT2D eigenvalue weighted by Gasteiger charge is -2.28. The maximum atomic E-state index is 6.44. The number of fused-ring (bicyclic) bond motifs is 1. The van der Waals surface area contributed by atoms with Crippen LogP contribution in [0.15, 0.2) is 42.5 Å². The van der Waals surface area contributed by atoms with E-state index in [1.54, 1.807) is 6.07 Å². The molecule has 3 rings (SSSR count). The lowest BCUT2D eigenvalue weighted by atomic mass is 10.1. The molecule has 0 amide bonds. The first-order valence-corrected chi connectivity index (χ1v) is 10.1. The van der Waals surface area contributed by atoms with Crippen LogP contribution in [0.5, 0.6) is 0 Å². The fourth-order valence-corrected chi connectivity index (χ4v) is 3.71. The van der Waals surface area contributed by atoms with Crippen LogP contribution < -0.4 is 4.90 Å². The van der Waals surface area contributed by atoms with Crippen molar-refractivity contribution in [3.05, 3.63) is 52.5 Å². The molecule has 0 unspecified atom stereocenters. The lowest BCUT2D eigenvalue weighted by molar-refractivity contribution is 0.550. The number of hydrogen-bond acceptors (Lipinski definition) is 3. The Morgan fingerprint density at radius 3 is 2.19 bits per heavy atom. The first-order chi connectivity index (χ1) is 12.8. The second kappa shape index (κ2) is 8.45. The van der Waals surface area contributed by atoms with Crippen LogP contribution in [-0.4, -0.2) is 23.1 Å². The minimum atomic E-state index is 0.528. The number of halogens is 2. The number of rotatable bonds is 6. The van der Waals surface area contributed by atoms with Crippen molar-refractivity contribution in [3.8, 4) is 11.4 Å². The Balaban J connectivity index is 2.20. The molecule has 1 aromatic heterocycles. The van der Waals surface area contributed by atoms with Gasteiger partial charge in [0.05, 0.1) is 10.5 Å². The normalized spacial score (nSPS) is 11.6. The van der Waals surface area contributed by atoms with Gasteiger partial charge in [0, 0.05) is 29.1 Å². The zero-order chi connectivity index (χ0) is 19.6. The minimum absolute atomic E-state index is 0.528. The van der Waals surface area contributed by atoms with Crippen molar-refractivity contribution in [2.24, 2.45) is 11.8 Å². The number of anilines is 1. The van der Waals surface area contributed by atoms with Crippen molar-refractivity contribution in [1.82, 2.24) is 9.97 Å². The third kappa shape index (κ3) is 4.72. The summed E-state index contributed by atoms with van der Waals surface area (Å²) in [5.41, 5.74) is 1.71. The van der Waals surface area contributed by atoms with E-state index in [2.05, 4.69) is 38.7 Å². The maximum Gasteiger partial charge on any atom is 0.163 e. The van der Waals surface area contributed by atoms with Gasteiger partial charge in [-0.1, -0.05) is 63.0 Å². The quantitative estimate of drug-likeness (QED) is 0.458. The molecule has 142 valence electrons. The highest BCUT2D eigenvalue weighted by Crippen LogP contribution is 2.32. The first-order valence-electron chi connectivity index (χ1n) is 9.32. The summed E-state index contributed by atoms with van der Waals surface area (Å²) in [5.74, 6) is 2.65. The third-order valence-electron chi connectivity index (χ3n) is 4.23. The molecule has 1 heterocycles. The predicted molar refractivity (Wildman–Crippen MR) is 117 cm³/mol. The molecule has 0 aliphatic heterocycles. The fraction of sp³-hybridized carbons (Fsp3) is 0.364. The summed E-state index contributed by atoms with van der Waals surface area (Å²) in [4.78, 5) is 12.1. The molecule has 0 bridgehead atoms. The van der Waals surface area contributed by atoms with Gasteiger partial charge in [0.2, 0.25) is 0 Å². The summed E-state index contributed by atoms with van der Waals surface area (Å²) in [6.07, 6.45) is 0. The molecule has 0 fully saturated rings. The highest BCUT2D eigenvalue weighted by atomic mass is 35.5. The Morgan fingerprint density at radius 2 is 1.56 bits per heavy atom. The Hall–Kier alpha value is -1.84. The molecule has 0 spiro atoms. The molecule has 0 saturated carbocycles. The van der Waals surface area contributed by atoms with Gasteiger partial charge in [0.25, 0.3) is 0 Å². The van der Waals surface area contributed by atoms with Crippen LogP contribution in [0.3, 0.4) is 0 Å². The summed E-state index contributed by atoms with van der Waals surface area (Å²) in [5, 5.41) is 2.22. The molecular weight excluding hydrogens is 377 g/mol. The molecule has 3 aromatic rings. The summed E-state index contributed by atoms with van der Waals surface area (Å²) < 4.78 is 0. The second-order valence-corrected chi connectivity index (χ2v) is 8.55. The van der Waals surface area contributed by atoms with Crippen molar-refractivity contribution < 1.29 is 0 Å². The van der Waals surface area contributed by atoms with E-state index in [4.69, 9.17) is 33.2 Å². The number of aromatic nitrogens is 2. The number of nitrogens with zero attached hydrogens (tertiary/aromatic N) is 3. The number of hydrogen-bond donors (Lipinski definition) is 0. The van der Waals surface area contributed by atoms with Gasteiger partial charge in [-0.2, -0.15) is 0 Å². The Bertz CT molecular complexity index is 928. The van der Waals surface area contributed by atoms with Gasteiger partial charge < -0.3 is 4.90 Å². The smallest absolute Gasteiger partial charge is 0.163 e. The highest BCUT2D eigenvalue weighted by molar-refractivity contribution is 6.36. The van der Waals surface area contributed by atoms with Gasteiger partial charge in [-0.3, -0.25) is 0 Å².